The van der Waals surface area contributed by atoms with E-state index in [2.05, 4.69) is 5.32 Å². The van der Waals surface area contributed by atoms with Crippen molar-refractivity contribution in [2.75, 3.05) is 25.5 Å². The van der Waals surface area contributed by atoms with Crippen LogP contribution in [0.4, 0.5) is 5.69 Å². The molecule has 166 valence electrons. The third-order valence-corrected chi connectivity index (χ3v) is 7.47. The van der Waals surface area contributed by atoms with Gasteiger partial charge in [-0.2, -0.15) is 4.31 Å². The molecule has 3 aromatic rings. The van der Waals surface area contributed by atoms with Crippen molar-refractivity contribution in [2.45, 2.75) is 39.1 Å². The summed E-state index contributed by atoms with van der Waals surface area (Å²) in [5.41, 5.74) is 3.51. The van der Waals surface area contributed by atoms with Crippen molar-refractivity contribution in [3.63, 3.8) is 0 Å². The molecule has 0 fully saturated rings. The molecule has 0 bridgehead atoms. The lowest BCUT2D eigenvalue weighted by molar-refractivity contribution is 0.415. The number of ether oxygens (including phenoxy) is 1. The summed E-state index contributed by atoms with van der Waals surface area (Å²) in [6, 6.07) is 10.0. The minimum atomic E-state index is -3.61. The fourth-order valence-electron chi connectivity index (χ4n) is 3.52. The van der Waals surface area contributed by atoms with Crippen molar-refractivity contribution in [1.82, 2.24) is 4.31 Å². The number of hydrogen-bond donors (Lipinski definition) is 1. The maximum Gasteiger partial charge on any atom is 0.336 e. The minimum absolute atomic E-state index is 0.184. The lowest BCUT2D eigenvalue weighted by Gasteiger charge is -2.20. The number of sulfonamides is 1. The van der Waals surface area contributed by atoms with Crippen molar-refractivity contribution >= 4 is 26.7 Å². The number of rotatable bonds is 8. The molecule has 0 saturated heterocycles. The average molecular weight is 445 g/mol. The highest BCUT2D eigenvalue weighted by Gasteiger charge is 2.23. The van der Waals surface area contributed by atoms with E-state index in [4.69, 9.17) is 9.15 Å². The molecular formula is C23H28N2O5S. The lowest BCUT2D eigenvalue weighted by atomic mass is 10.0. The Morgan fingerprint density at radius 1 is 1.03 bits per heavy atom. The highest BCUT2D eigenvalue weighted by molar-refractivity contribution is 7.89. The molecule has 8 heteroatoms. The Kier molecular flexibility index (Phi) is 6.71. The predicted octanol–water partition coefficient (Wildman–Crippen LogP) is 4.06. The molecule has 0 aliphatic heterocycles. The molecule has 1 aromatic heterocycles. The molecule has 7 nitrogen and oxygen atoms in total. The van der Waals surface area contributed by atoms with Crippen LogP contribution in [0, 0.1) is 13.8 Å². The first-order valence-corrected chi connectivity index (χ1v) is 11.6. The minimum Gasteiger partial charge on any atom is -0.495 e. The Hall–Kier alpha value is -2.84. The third-order valence-electron chi connectivity index (χ3n) is 5.43. The van der Waals surface area contributed by atoms with E-state index in [1.807, 2.05) is 26.0 Å². The molecule has 2 aromatic carbocycles. The maximum atomic E-state index is 12.9. The van der Waals surface area contributed by atoms with Crippen LogP contribution in [-0.4, -0.2) is 32.9 Å². The molecule has 0 amide bonds. The van der Waals surface area contributed by atoms with Gasteiger partial charge in [-0.3, -0.25) is 0 Å². The number of benzene rings is 2. The van der Waals surface area contributed by atoms with Crippen LogP contribution < -0.4 is 15.7 Å². The van der Waals surface area contributed by atoms with E-state index in [1.165, 1.54) is 23.5 Å². The molecular weight excluding hydrogens is 416 g/mol. The molecule has 1 heterocycles. The van der Waals surface area contributed by atoms with Crippen LogP contribution in [0.2, 0.25) is 0 Å². The normalized spacial score (nSPS) is 11.8. The molecule has 0 atom stereocenters. The second kappa shape index (κ2) is 9.11. The Morgan fingerprint density at radius 2 is 1.71 bits per heavy atom. The number of anilines is 1. The number of fused-ring (bicyclic) bond motifs is 1. The van der Waals surface area contributed by atoms with Crippen LogP contribution in [0.5, 0.6) is 5.75 Å². The summed E-state index contributed by atoms with van der Waals surface area (Å²) in [4.78, 5) is 12.2. The molecule has 3 rings (SSSR count). The van der Waals surface area contributed by atoms with E-state index < -0.39 is 15.6 Å². The summed E-state index contributed by atoms with van der Waals surface area (Å²) in [5.74, 6) is 0.512. The van der Waals surface area contributed by atoms with Crippen LogP contribution in [0.1, 0.15) is 30.5 Å². The first-order chi connectivity index (χ1) is 14.7. The zero-order valence-corrected chi connectivity index (χ0v) is 19.3. The highest BCUT2D eigenvalue weighted by atomic mass is 32.2. The number of aryl methyl sites for hydroxylation is 2. The highest BCUT2D eigenvalue weighted by Crippen LogP contribution is 2.30. The second-order valence-corrected chi connectivity index (χ2v) is 9.27. The number of nitrogens with one attached hydrogen (secondary N) is 1. The van der Waals surface area contributed by atoms with Crippen molar-refractivity contribution < 1.29 is 17.6 Å². The van der Waals surface area contributed by atoms with Gasteiger partial charge in [-0.25, -0.2) is 13.2 Å². The molecule has 0 saturated carbocycles. The van der Waals surface area contributed by atoms with Gasteiger partial charge in [-0.05, 0) is 60.9 Å². The van der Waals surface area contributed by atoms with Gasteiger partial charge < -0.3 is 14.5 Å². The average Bonchev–Trinajstić information content (AvgIpc) is 2.73. The van der Waals surface area contributed by atoms with Crippen LogP contribution in [-0.2, 0) is 16.6 Å². The van der Waals surface area contributed by atoms with Gasteiger partial charge >= 0.3 is 5.63 Å². The van der Waals surface area contributed by atoms with E-state index in [9.17, 15) is 13.2 Å². The van der Waals surface area contributed by atoms with Crippen LogP contribution in [0.3, 0.4) is 0 Å². The van der Waals surface area contributed by atoms with Crippen molar-refractivity contribution in [3.8, 4) is 5.75 Å². The standard InChI is InChI=1S/C23H28N2O5S/c1-6-25(7-2)31(27,28)18-8-9-21(29-5)20(13-18)24-14-17-12-23(26)30-22-11-16(4)15(3)10-19(17)22/h8-13,24H,6-7,14H2,1-5H3. The van der Waals surface area contributed by atoms with Gasteiger partial charge in [-0.1, -0.05) is 13.8 Å². The van der Waals surface area contributed by atoms with Gasteiger partial charge in [0.05, 0.1) is 17.7 Å². The Balaban J connectivity index is 2.00. The smallest absolute Gasteiger partial charge is 0.336 e. The van der Waals surface area contributed by atoms with Crippen molar-refractivity contribution in [1.29, 1.82) is 0 Å². The van der Waals surface area contributed by atoms with Gasteiger partial charge in [0.25, 0.3) is 0 Å². The first kappa shape index (κ1) is 22.8. The first-order valence-electron chi connectivity index (χ1n) is 10.2. The monoisotopic (exact) mass is 444 g/mol. The molecule has 31 heavy (non-hydrogen) atoms. The van der Waals surface area contributed by atoms with E-state index >= 15 is 0 Å². The van der Waals surface area contributed by atoms with Crippen LogP contribution >= 0.6 is 0 Å². The van der Waals surface area contributed by atoms with Crippen LogP contribution in [0.15, 0.2) is 50.5 Å². The lowest BCUT2D eigenvalue weighted by Crippen LogP contribution is -2.30. The fourth-order valence-corrected chi connectivity index (χ4v) is 5.00. The molecule has 0 unspecified atom stereocenters. The summed E-state index contributed by atoms with van der Waals surface area (Å²) in [6.45, 7) is 8.65. The molecule has 0 aliphatic rings. The summed E-state index contributed by atoms with van der Waals surface area (Å²) < 4.78 is 38.0. The maximum absolute atomic E-state index is 12.9. The predicted molar refractivity (Wildman–Crippen MR) is 122 cm³/mol. The zero-order valence-electron chi connectivity index (χ0n) is 18.5. The van der Waals surface area contributed by atoms with Gasteiger partial charge in [0.2, 0.25) is 10.0 Å². The van der Waals surface area contributed by atoms with E-state index in [1.54, 1.807) is 26.0 Å². The summed E-state index contributed by atoms with van der Waals surface area (Å²) >= 11 is 0. The Bertz CT molecular complexity index is 1260. The van der Waals surface area contributed by atoms with Crippen molar-refractivity contribution in [2.24, 2.45) is 0 Å². The second-order valence-electron chi connectivity index (χ2n) is 7.33. The van der Waals surface area contributed by atoms with Gasteiger partial charge in [0.15, 0.2) is 0 Å². The quantitative estimate of drug-likeness (QED) is 0.527. The molecule has 1 N–H and O–H groups in total. The van der Waals surface area contributed by atoms with E-state index in [0.717, 1.165) is 22.1 Å². The topological polar surface area (TPSA) is 88.9 Å². The molecule has 0 aliphatic carbocycles. The van der Waals surface area contributed by atoms with Gasteiger partial charge in [-0.15, -0.1) is 0 Å². The Labute approximate surface area is 182 Å². The van der Waals surface area contributed by atoms with E-state index in [-0.39, 0.29) is 4.90 Å². The summed E-state index contributed by atoms with van der Waals surface area (Å²) in [5, 5.41) is 4.07. The number of methoxy groups -OCH3 is 1. The zero-order chi connectivity index (χ0) is 22.8. The molecule has 0 radical (unpaired) electrons. The van der Waals surface area contributed by atoms with Crippen LogP contribution in [0.25, 0.3) is 11.0 Å². The Morgan fingerprint density at radius 3 is 2.35 bits per heavy atom. The van der Waals surface area contributed by atoms with E-state index in [0.29, 0.717) is 36.7 Å². The SMILES string of the molecule is CCN(CC)S(=O)(=O)c1ccc(OC)c(NCc2cc(=O)oc3cc(C)c(C)cc23)c1. The van der Waals surface area contributed by atoms with Gasteiger partial charge in [0, 0.05) is 31.1 Å². The number of hydrogen-bond acceptors (Lipinski definition) is 6. The summed E-state index contributed by atoms with van der Waals surface area (Å²) in [7, 11) is -2.09. The summed E-state index contributed by atoms with van der Waals surface area (Å²) in [6.07, 6.45) is 0. The number of nitrogens with zero attached hydrogens (tertiary/aromatic N) is 1. The largest absolute Gasteiger partial charge is 0.495 e. The molecule has 0 spiro atoms. The van der Waals surface area contributed by atoms with Crippen molar-refractivity contribution in [3.05, 3.63) is 63.5 Å². The van der Waals surface area contributed by atoms with Gasteiger partial charge in [0.1, 0.15) is 11.3 Å². The third kappa shape index (κ3) is 4.60. The fraction of sp³-hybridized carbons (Fsp3) is 0.348.